The van der Waals surface area contributed by atoms with Crippen molar-refractivity contribution in [2.45, 2.75) is 12.8 Å². The summed E-state index contributed by atoms with van der Waals surface area (Å²) in [6.07, 6.45) is 2.88. The summed E-state index contributed by atoms with van der Waals surface area (Å²) in [7, 11) is 4.11. The molecule has 6 nitrogen and oxygen atoms in total. The van der Waals surface area contributed by atoms with Crippen molar-refractivity contribution in [1.29, 1.82) is 0 Å². The fraction of sp³-hybridized carbons (Fsp3) is 0.833. The lowest BCUT2D eigenvalue weighted by Crippen LogP contribution is -2.62. The van der Waals surface area contributed by atoms with Crippen LogP contribution in [0.2, 0.25) is 0 Å². The number of carbonyl (C=O) groups excluding carboxylic acids is 2. The molecule has 108 valence electrons. The number of nitrogens with zero attached hydrogens (tertiary/aromatic N) is 3. The van der Waals surface area contributed by atoms with Gasteiger partial charge in [0.1, 0.15) is 0 Å². The Hall–Kier alpha value is -0.790. The first-order valence-electron chi connectivity index (χ1n) is 6.60. The van der Waals surface area contributed by atoms with Gasteiger partial charge in [-0.25, -0.2) is 8.61 Å². The normalized spacial score (nSPS) is 22.4. The molecule has 2 rings (SSSR count). The van der Waals surface area contributed by atoms with Crippen LogP contribution in [0, 0.1) is 5.41 Å². The van der Waals surface area contributed by atoms with Gasteiger partial charge in [0.05, 0.1) is 6.54 Å². The van der Waals surface area contributed by atoms with Crippen molar-refractivity contribution >= 4 is 24.5 Å². The Kier molecular flexibility index (Phi) is 4.70. The zero-order valence-corrected chi connectivity index (χ0v) is 12.4. The van der Waals surface area contributed by atoms with Crippen molar-refractivity contribution in [3.05, 3.63) is 0 Å². The van der Waals surface area contributed by atoms with Crippen LogP contribution >= 0.6 is 12.1 Å². The standard InChI is InChI=1S/C12H22N4O2S/c1-14(2)19-16-5-3-12(4-6-16)8-15(9-12)11(18)7-13-10-17/h10H,3-9H2,1-2H3,(H,13,17). The van der Waals surface area contributed by atoms with E-state index in [4.69, 9.17) is 0 Å². The summed E-state index contributed by atoms with van der Waals surface area (Å²) in [6, 6.07) is 0. The Bertz CT molecular complexity index is 335. The molecule has 0 saturated carbocycles. The summed E-state index contributed by atoms with van der Waals surface area (Å²) in [6.45, 7) is 4.00. The Morgan fingerprint density at radius 1 is 1.37 bits per heavy atom. The highest BCUT2D eigenvalue weighted by Crippen LogP contribution is 2.41. The predicted molar refractivity (Wildman–Crippen MR) is 75.2 cm³/mol. The van der Waals surface area contributed by atoms with Gasteiger partial charge in [-0.1, -0.05) is 0 Å². The Morgan fingerprint density at radius 2 is 2.00 bits per heavy atom. The van der Waals surface area contributed by atoms with Crippen LogP contribution in [0.5, 0.6) is 0 Å². The van der Waals surface area contributed by atoms with Gasteiger partial charge in [0.25, 0.3) is 0 Å². The second-order valence-corrected chi connectivity index (χ2v) is 6.98. The summed E-state index contributed by atoms with van der Waals surface area (Å²) in [5.74, 6) is 0.0304. The third-order valence-electron chi connectivity index (χ3n) is 3.80. The topological polar surface area (TPSA) is 55.9 Å². The lowest BCUT2D eigenvalue weighted by atomic mass is 9.72. The van der Waals surface area contributed by atoms with Crippen LogP contribution < -0.4 is 5.32 Å². The number of rotatable bonds is 5. The summed E-state index contributed by atoms with van der Waals surface area (Å²) >= 11 is 1.77. The van der Waals surface area contributed by atoms with Gasteiger partial charge in [0.2, 0.25) is 12.3 Å². The van der Waals surface area contributed by atoms with E-state index in [1.807, 2.05) is 4.90 Å². The Labute approximate surface area is 118 Å². The Morgan fingerprint density at radius 3 is 2.53 bits per heavy atom. The van der Waals surface area contributed by atoms with Crippen LogP contribution in [0.25, 0.3) is 0 Å². The number of hydrogen-bond donors (Lipinski definition) is 1. The number of nitrogens with one attached hydrogen (secondary N) is 1. The molecule has 0 aromatic heterocycles. The first-order chi connectivity index (χ1) is 9.04. The van der Waals surface area contributed by atoms with Crippen molar-refractivity contribution in [2.75, 3.05) is 46.8 Å². The van der Waals surface area contributed by atoms with Gasteiger partial charge in [-0.3, -0.25) is 9.59 Å². The van der Waals surface area contributed by atoms with Crippen LogP contribution in [-0.2, 0) is 9.59 Å². The van der Waals surface area contributed by atoms with Gasteiger partial charge in [-0.2, -0.15) is 0 Å². The zero-order chi connectivity index (χ0) is 13.9. The van der Waals surface area contributed by atoms with E-state index in [9.17, 15) is 9.59 Å². The minimum Gasteiger partial charge on any atom is -0.350 e. The summed E-state index contributed by atoms with van der Waals surface area (Å²) in [5.41, 5.74) is 0.334. The van der Waals surface area contributed by atoms with Crippen LogP contribution in [-0.4, -0.2) is 72.6 Å². The largest absolute Gasteiger partial charge is 0.350 e. The summed E-state index contributed by atoms with van der Waals surface area (Å²) in [4.78, 5) is 23.7. The monoisotopic (exact) mass is 286 g/mol. The minimum absolute atomic E-state index is 0.0304. The van der Waals surface area contributed by atoms with E-state index in [1.165, 1.54) is 0 Å². The number of likely N-dealkylation sites (tertiary alicyclic amines) is 1. The van der Waals surface area contributed by atoms with Gasteiger partial charge in [-0.15, -0.1) is 0 Å². The van der Waals surface area contributed by atoms with Crippen molar-refractivity contribution in [3.8, 4) is 0 Å². The van der Waals surface area contributed by atoms with Crippen molar-refractivity contribution in [3.63, 3.8) is 0 Å². The van der Waals surface area contributed by atoms with Gasteiger partial charge in [-0.05, 0) is 26.9 Å². The second kappa shape index (κ2) is 6.11. The number of amides is 2. The molecule has 2 heterocycles. The van der Waals surface area contributed by atoms with Crippen molar-refractivity contribution < 1.29 is 9.59 Å². The van der Waals surface area contributed by atoms with E-state index in [0.29, 0.717) is 11.8 Å². The third-order valence-corrected chi connectivity index (χ3v) is 4.73. The molecule has 1 N–H and O–H groups in total. The van der Waals surface area contributed by atoms with Crippen LogP contribution in [0.4, 0.5) is 0 Å². The second-order valence-electron chi connectivity index (χ2n) is 5.57. The molecule has 2 fully saturated rings. The van der Waals surface area contributed by atoms with E-state index in [-0.39, 0.29) is 12.5 Å². The maximum atomic E-state index is 11.7. The number of piperidine rings is 1. The first kappa shape index (κ1) is 14.6. The molecule has 0 aromatic rings. The highest BCUT2D eigenvalue weighted by molar-refractivity contribution is 7.94. The average Bonchev–Trinajstić information content (AvgIpc) is 2.33. The van der Waals surface area contributed by atoms with Gasteiger partial charge in [0, 0.05) is 43.7 Å². The molecular weight excluding hydrogens is 264 g/mol. The molecule has 2 amide bonds. The maximum Gasteiger partial charge on any atom is 0.241 e. The lowest BCUT2D eigenvalue weighted by Gasteiger charge is -2.53. The molecule has 0 atom stereocenters. The molecule has 2 aliphatic heterocycles. The first-order valence-corrected chi connectivity index (χ1v) is 7.33. The van der Waals surface area contributed by atoms with Crippen LogP contribution in [0.1, 0.15) is 12.8 Å². The van der Waals surface area contributed by atoms with Crippen LogP contribution in [0.15, 0.2) is 0 Å². The summed E-state index contributed by atoms with van der Waals surface area (Å²) < 4.78 is 4.49. The van der Waals surface area contributed by atoms with E-state index >= 15 is 0 Å². The predicted octanol–water partition coefficient (Wildman–Crippen LogP) is -0.218. The lowest BCUT2D eigenvalue weighted by molar-refractivity contribution is -0.145. The van der Waals surface area contributed by atoms with Crippen LogP contribution in [0.3, 0.4) is 0 Å². The highest BCUT2D eigenvalue weighted by Gasteiger charge is 2.46. The fourth-order valence-electron chi connectivity index (χ4n) is 2.77. The maximum absolute atomic E-state index is 11.7. The summed E-state index contributed by atoms with van der Waals surface area (Å²) in [5, 5.41) is 2.43. The molecule has 0 bridgehead atoms. The van der Waals surface area contributed by atoms with Crippen molar-refractivity contribution in [1.82, 2.24) is 18.8 Å². The van der Waals surface area contributed by atoms with E-state index < -0.39 is 0 Å². The Balaban J connectivity index is 1.71. The molecule has 0 unspecified atom stereocenters. The molecule has 0 aromatic carbocycles. The molecule has 2 aliphatic rings. The average molecular weight is 286 g/mol. The molecular formula is C12H22N4O2S. The highest BCUT2D eigenvalue weighted by atomic mass is 32.2. The van der Waals surface area contributed by atoms with Gasteiger partial charge >= 0.3 is 0 Å². The molecule has 7 heteroatoms. The smallest absolute Gasteiger partial charge is 0.241 e. The van der Waals surface area contributed by atoms with E-state index in [1.54, 1.807) is 12.1 Å². The third kappa shape index (κ3) is 3.61. The van der Waals surface area contributed by atoms with E-state index in [0.717, 1.165) is 39.0 Å². The number of carbonyl (C=O) groups is 2. The molecule has 1 spiro atoms. The SMILES string of the molecule is CN(C)SN1CCC2(CC1)CN(C(=O)CNC=O)C2. The fourth-order valence-corrected chi connectivity index (χ4v) is 3.58. The molecule has 2 saturated heterocycles. The van der Waals surface area contributed by atoms with Gasteiger partial charge < -0.3 is 10.2 Å². The molecule has 19 heavy (non-hydrogen) atoms. The van der Waals surface area contributed by atoms with E-state index in [2.05, 4.69) is 28.0 Å². The molecule has 0 aliphatic carbocycles. The van der Waals surface area contributed by atoms with Gasteiger partial charge in [0.15, 0.2) is 0 Å². The molecule has 0 radical (unpaired) electrons. The quantitative estimate of drug-likeness (QED) is 0.559. The zero-order valence-electron chi connectivity index (χ0n) is 11.6. The minimum atomic E-state index is 0.0304. The van der Waals surface area contributed by atoms with Crippen molar-refractivity contribution in [2.24, 2.45) is 5.41 Å². The number of hydrogen-bond acceptors (Lipinski definition) is 5.